The number of rotatable bonds is 5. The quantitative estimate of drug-likeness (QED) is 0.888. The van der Waals surface area contributed by atoms with Crippen molar-refractivity contribution in [1.29, 1.82) is 0 Å². The fraction of sp³-hybridized carbons (Fsp3) is 0.632. The van der Waals surface area contributed by atoms with Crippen LogP contribution in [0.3, 0.4) is 0 Å². The molecule has 0 radical (unpaired) electrons. The lowest BCUT2D eigenvalue weighted by molar-refractivity contribution is -0.144. The molecule has 1 atom stereocenters. The molecule has 1 aliphatic heterocycles. The largest absolute Gasteiger partial charge is 0.489 e. The second kappa shape index (κ2) is 7.42. The molecule has 1 saturated carbocycles. The van der Waals surface area contributed by atoms with Crippen molar-refractivity contribution in [3.8, 4) is 5.75 Å². The average molecular weight is 345 g/mol. The van der Waals surface area contributed by atoms with Gasteiger partial charge in [0.1, 0.15) is 6.61 Å². The van der Waals surface area contributed by atoms with Crippen molar-refractivity contribution in [2.45, 2.75) is 57.9 Å². The van der Waals surface area contributed by atoms with Crippen LogP contribution in [0.25, 0.3) is 0 Å². The maximum absolute atomic E-state index is 13.1. The second-order valence-corrected chi connectivity index (χ2v) is 7.44. The van der Waals surface area contributed by atoms with Crippen LogP contribution in [-0.4, -0.2) is 40.9 Å². The monoisotopic (exact) mass is 345 g/mol. The topological polar surface area (TPSA) is 85.5 Å². The van der Waals surface area contributed by atoms with Crippen LogP contribution < -0.4 is 10.5 Å². The standard InChI is InChI=1S/C19H27N3O3/c1-19(9-3-2-4-10-19)18(24)22-12-6-7-14(22)13-25-15-8-5-11-21-16(15)17(20)23/h5,8,11,14H,2-4,6-7,9-10,12-13H2,1H3,(H2,20,23)/t14-/m1/s1. The summed E-state index contributed by atoms with van der Waals surface area (Å²) in [7, 11) is 0. The summed E-state index contributed by atoms with van der Waals surface area (Å²) in [6.07, 6.45) is 8.88. The van der Waals surface area contributed by atoms with E-state index in [0.29, 0.717) is 12.4 Å². The Morgan fingerprint density at radius 2 is 2.08 bits per heavy atom. The molecule has 3 rings (SSSR count). The summed E-state index contributed by atoms with van der Waals surface area (Å²) in [5.74, 6) is 0.0439. The van der Waals surface area contributed by atoms with Crippen LogP contribution >= 0.6 is 0 Å². The minimum atomic E-state index is -0.607. The number of hydrogen-bond donors (Lipinski definition) is 1. The molecule has 2 amide bonds. The van der Waals surface area contributed by atoms with E-state index < -0.39 is 5.91 Å². The van der Waals surface area contributed by atoms with Gasteiger partial charge in [0.2, 0.25) is 5.91 Å². The number of hydrogen-bond acceptors (Lipinski definition) is 4. The van der Waals surface area contributed by atoms with Crippen molar-refractivity contribution in [3.05, 3.63) is 24.0 Å². The minimum absolute atomic E-state index is 0.0483. The van der Waals surface area contributed by atoms with Gasteiger partial charge in [-0.05, 0) is 37.8 Å². The van der Waals surface area contributed by atoms with Crippen molar-refractivity contribution in [3.63, 3.8) is 0 Å². The van der Waals surface area contributed by atoms with Crippen LogP contribution in [0, 0.1) is 5.41 Å². The number of carbonyl (C=O) groups excluding carboxylic acids is 2. The molecule has 25 heavy (non-hydrogen) atoms. The Morgan fingerprint density at radius 1 is 1.32 bits per heavy atom. The maximum Gasteiger partial charge on any atom is 0.271 e. The Balaban J connectivity index is 1.66. The number of primary amides is 1. The zero-order valence-corrected chi connectivity index (χ0v) is 14.9. The molecule has 2 aliphatic rings. The van der Waals surface area contributed by atoms with Gasteiger partial charge in [0.15, 0.2) is 11.4 Å². The van der Waals surface area contributed by atoms with Crippen LogP contribution in [0.2, 0.25) is 0 Å². The summed E-state index contributed by atoms with van der Waals surface area (Å²) in [5, 5.41) is 0. The Morgan fingerprint density at radius 3 is 2.80 bits per heavy atom. The van der Waals surface area contributed by atoms with Crippen molar-refractivity contribution in [2.75, 3.05) is 13.2 Å². The number of ether oxygens (including phenoxy) is 1. The molecule has 0 aromatic carbocycles. The molecule has 136 valence electrons. The van der Waals surface area contributed by atoms with E-state index in [-0.39, 0.29) is 23.1 Å². The van der Waals surface area contributed by atoms with Crippen LogP contribution in [0.15, 0.2) is 18.3 Å². The molecule has 0 spiro atoms. The first-order valence-corrected chi connectivity index (χ1v) is 9.20. The zero-order valence-electron chi connectivity index (χ0n) is 14.9. The third-order valence-corrected chi connectivity index (χ3v) is 5.55. The molecule has 1 aromatic heterocycles. The molecular formula is C19H27N3O3. The highest BCUT2D eigenvalue weighted by Crippen LogP contribution is 2.39. The lowest BCUT2D eigenvalue weighted by Gasteiger charge is -2.37. The fourth-order valence-electron chi connectivity index (χ4n) is 4.05. The van der Waals surface area contributed by atoms with Gasteiger partial charge in [-0.15, -0.1) is 0 Å². The molecule has 0 unspecified atom stereocenters. The summed E-state index contributed by atoms with van der Waals surface area (Å²) in [4.78, 5) is 30.5. The smallest absolute Gasteiger partial charge is 0.271 e. The number of carbonyl (C=O) groups is 2. The number of nitrogens with zero attached hydrogens (tertiary/aromatic N) is 2. The third-order valence-electron chi connectivity index (χ3n) is 5.55. The first-order chi connectivity index (χ1) is 12.0. The third kappa shape index (κ3) is 3.78. The molecule has 1 saturated heterocycles. The lowest BCUT2D eigenvalue weighted by atomic mass is 9.74. The van der Waals surface area contributed by atoms with Crippen molar-refractivity contribution < 1.29 is 14.3 Å². The molecule has 6 heteroatoms. The van der Waals surface area contributed by atoms with Gasteiger partial charge >= 0.3 is 0 Å². The first-order valence-electron chi connectivity index (χ1n) is 9.20. The number of likely N-dealkylation sites (tertiary alicyclic amines) is 1. The highest BCUT2D eigenvalue weighted by Gasteiger charge is 2.41. The number of pyridine rings is 1. The Bertz CT molecular complexity index is 641. The zero-order chi connectivity index (χ0) is 17.9. The number of nitrogens with two attached hydrogens (primary N) is 1. The van der Waals surface area contributed by atoms with Gasteiger partial charge in [-0.2, -0.15) is 0 Å². The maximum atomic E-state index is 13.1. The molecule has 2 heterocycles. The van der Waals surface area contributed by atoms with E-state index >= 15 is 0 Å². The average Bonchev–Trinajstić information content (AvgIpc) is 3.08. The Kier molecular flexibility index (Phi) is 5.25. The van der Waals surface area contributed by atoms with Gasteiger partial charge in [0.25, 0.3) is 5.91 Å². The van der Waals surface area contributed by atoms with E-state index in [4.69, 9.17) is 10.5 Å². The molecule has 0 bridgehead atoms. The Hall–Kier alpha value is -2.11. The molecule has 2 fully saturated rings. The highest BCUT2D eigenvalue weighted by molar-refractivity contribution is 5.93. The van der Waals surface area contributed by atoms with E-state index in [9.17, 15) is 9.59 Å². The summed E-state index contributed by atoms with van der Waals surface area (Å²) in [6, 6.07) is 3.45. The lowest BCUT2D eigenvalue weighted by Crippen LogP contribution is -2.47. The van der Waals surface area contributed by atoms with Crippen LogP contribution in [0.1, 0.15) is 62.4 Å². The van der Waals surface area contributed by atoms with Gasteiger partial charge in [-0.3, -0.25) is 9.59 Å². The van der Waals surface area contributed by atoms with Crippen molar-refractivity contribution in [1.82, 2.24) is 9.88 Å². The Labute approximate surface area is 148 Å². The van der Waals surface area contributed by atoms with Crippen molar-refractivity contribution >= 4 is 11.8 Å². The van der Waals surface area contributed by atoms with E-state index in [2.05, 4.69) is 11.9 Å². The predicted molar refractivity (Wildman–Crippen MR) is 94.2 cm³/mol. The highest BCUT2D eigenvalue weighted by atomic mass is 16.5. The number of aromatic nitrogens is 1. The molecule has 1 aliphatic carbocycles. The van der Waals surface area contributed by atoms with E-state index in [1.54, 1.807) is 12.1 Å². The van der Waals surface area contributed by atoms with E-state index in [1.165, 1.54) is 12.6 Å². The molecule has 2 N–H and O–H groups in total. The van der Waals surface area contributed by atoms with Gasteiger partial charge in [0, 0.05) is 18.2 Å². The van der Waals surface area contributed by atoms with E-state index in [0.717, 1.165) is 45.1 Å². The fourth-order valence-corrected chi connectivity index (χ4v) is 4.05. The summed E-state index contributed by atoms with van der Waals surface area (Å²) in [5.41, 5.74) is 5.25. The summed E-state index contributed by atoms with van der Waals surface area (Å²) < 4.78 is 5.83. The normalized spacial score (nSPS) is 22.6. The minimum Gasteiger partial charge on any atom is -0.489 e. The summed E-state index contributed by atoms with van der Waals surface area (Å²) in [6.45, 7) is 3.27. The molecule has 6 nitrogen and oxygen atoms in total. The van der Waals surface area contributed by atoms with Gasteiger partial charge in [-0.1, -0.05) is 26.2 Å². The van der Waals surface area contributed by atoms with Crippen LogP contribution in [0.4, 0.5) is 0 Å². The molecular weight excluding hydrogens is 318 g/mol. The predicted octanol–water partition coefficient (Wildman–Crippen LogP) is 2.52. The van der Waals surface area contributed by atoms with Crippen molar-refractivity contribution in [2.24, 2.45) is 11.1 Å². The second-order valence-electron chi connectivity index (χ2n) is 7.44. The van der Waals surface area contributed by atoms with Gasteiger partial charge < -0.3 is 15.4 Å². The number of amides is 2. The van der Waals surface area contributed by atoms with E-state index in [1.807, 2.05) is 4.90 Å². The SMILES string of the molecule is CC1(C(=O)N2CCC[C@@H]2COc2cccnc2C(N)=O)CCCCC1. The molecule has 1 aromatic rings. The van der Waals surface area contributed by atoms with Gasteiger partial charge in [-0.25, -0.2) is 4.98 Å². The van der Waals surface area contributed by atoms with Gasteiger partial charge in [0.05, 0.1) is 6.04 Å². The van der Waals surface area contributed by atoms with Crippen LogP contribution in [0.5, 0.6) is 5.75 Å². The first kappa shape index (κ1) is 17.7. The van der Waals surface area contributed by atoms with Crippen LogP contribution in [-0.2, 0) is 4.79 Å². The summed E-state index contributed by atoms with van der Waals surface area (Å²) >= 11 is 0.